The lowest BCUT2D eigenvalue weighted by molar-refractivity contribution is -0.120. The second kappa shape index (κ2) is 8.58. The molecule has 0 atom stereocenters. The van der Waals surface area contributed by atoms with Gasteiger partial charge in [0.25, 0.3) is 0 Å². The van der Waals surface area contributed by atoms with Crippen LogP contribution in [0.4, 0.5) is 0 Å². The third-order valence-corrected chi connectivity index (χ3v) is 7.51. The fourth-order valence-electron chi connectivity index (χ4n) is 2.24. The number of hydrogen-bond acceptors (Lipinski definition) is 7. The second-order valence-corrected chi connectivity index (χ2v) is 11.3. The molecule has 7 nitrogen and oxygen atoms in total. The smallest absolute Gasteiger partial charge is 0.340 e. The van der Waals surface area contributed by atoms with Crippen LogP contribution in [0.15, 0.2) is 66.5 Å². The minimum atomic E-state index is -4.04. The van der Waals surface area contributed by atoms with Gasteiger partial charge in [0.2, 0.25) is 5.91 Å². The maximum Gasteiger partial charge on any atom is 0.340 e. The average molecular weight is 561 g/mol. The number of carbonyl (C=O) groups excluding carboxylic acids is 1. The van der Waals surface area contributed by atoms with E-state index in [-0.39, 0.29) is 16.6 Å². The highest BCUT2D eigenvalue weighted by Gasteiger charge is 2.38. The van der Waals surface area contributed by atoms with Gasteiger partial charge in [0, 0.05) is 8.95 Å². The monoisotopic (exact) mass is 559 g/mol. The summed E-state index contributed by atoms with van der Waals surface area (Å²) in [6.07, 6.45) is 1.44. The Hall–Kier alpha value is -1.69. The molecule has 1 amide bonds. The van der Waals surface area contributed by atoms with Gasteiger partial charge in [-0.3, -0.25) is 4.79 Å². The number of rotatable bonds is 5. The zero-order valence-corrected chi connectivity index (χ0v) is 20.0. The van der Waals surface area contributed by atoms with Crippen molar-refractivity contribution >= 4 is 71.0 Å². The normalized spacial score (nSPS) is 17.7. The van der Waals surface area contributed by atoms with Crippen molar-refractivity contribution in [2.45, 2.75) is 23.5 Å². The summed E-state index contributed by atoms with van der Waals surface area (Å²) in [5, 5.41) is 11.0. The zero-order valence-electron chi connectivity index (χ0n) is 15.2. The van der Waals surface area contributed by atoms with Crippen molar-refractivity contribution in [3.63, 3.8) is 0 Å². The van der Waals surface area contributed by atoms with Crippen LogP contribution in [0.25, 0.3) is 0 Å². The Morgan fingerprint density at radius 2 is 1.93 bits per heavy atom. The molecule has 1 saturated heterocycles. The number of nitrogens with one attached hydrogen (secondary N) is 1. The van der Waals surface area contributed by atoms with Crippen LogP contribution < -0.4 is 9.50 Å². The Bertz CT molecular complexity index is 1130. The number of hydrogen-bond donors (Lipinski definition) is 1. The van der Waals surface area contributed by atoms with E-state index in [1.165, 1.54) is 36.2 Å². The molecule has 0 aromatic heterocycles. The molecule has 2 aromatic carbocycles. The topological polar surface area (TPSA) is 97.2 Å². The first-order chi connectivity index (χ1) is 13.6. The molecule has 1 heterocycles. The highest BCUT2D eigenvalue weighted by atomic mass is 79.9. The van der Waals surface area contributed by atoms with E-state index in [2.05, 4.69) is 47.4 Å². The molecule has 0 aliphatic carbocycles. The van der Waals surface area contributed by atoms with Gasteiger partial charge in [0.05, 0.1) is 11.0 Å². The van der Waals surface area contributed by atoms with E-state index in [4.69, 9.17) is 4.18 Å². The number of benzene rings is 2. The summed E-state index contributed by atoms with van der Waals surface area (Å²) < 4.78 is 30.9. The lowest BCUT2D eigenvalue weighted by Crippen LogP contribution is -2.30. The van der Waals surface area contributed by atoms with Gasteiger partial charge in [-0.05, 0) is 65.7 Å². The SMILES string of the molecule is CC1(C)S/C(=N\N=C/c2cccc(OS(=O)(=O)c3cc(Br)ccc3Br)c2)NC1=O. The lowest BCUT2D eigenvalue weighted by atomic mass is 10.2. The number of amides is 1. The summed E-state index contributed by atoms with van der Waals surface area (Å²) in [4.78, 5) is 11.7. The van der Waals surface area contributed by atoms with Gasteiger partial charge in [-0.2, -0.15) is 13.5 Å². The summed E-state index contributed by atoms with van der Waals surface area (Å²) in [6, 6.07) is 11.2. The molecule has 29 heavy (non-hydrogen) atoms. The third kappa shape index (κ3) is 5.47. The van der Waals surface area contributed by atoms with Crippen molar-refractivity contribution in [3.8, 4) is 5.75 Å². The highest BCUT2D eigenvalue weighted by molar-refractivity contribution is 9.11. The van der Waals surface area contributed by atoms with E-state index in [1.807, 2.05) is 0 Å². The second-order valence-electron chi connectivity index (χ2n) is 6.40. The minimum Gasteiger partial charge on any atom is -0.379 e. The van der Waals surface area contributed by atoms with Crippen molar-refractivity contribution in [2.75, 3.05) is 0 Å². The first kappa shape index (κ1) is 22.0. The summed E-state index contributed by atoms with van der Waals surface area (Å²) in [7, 11) is -4.04. The molecular formula is C18H15Br2N3O4S2. The van der Waals surface area contributed by atoms with Crippen LogP contribution in [0.2, 0.25) is 0 Å². The van der Waals surface area contributed by atoms with Gasteiger partial charge in [-0.15, -0.1) is 5.10 Å². The van der Waals surface area contributed by atoms with Crippen LogP contribution in [0, 0.1) is 0 Å². The molecule has 152 valence electrons. The molecule has 2 aromatic rings. The van der Waals surface area contributed by atoms with Gasteiger partial charge in [-0.25, -0.2) is 0 Å². The highest BCUT2D eigenvalue weighted by Crippen LogP contribution is 2.31. The molecule has 0 unspecified atom stereocenters. The molecule has 11 heteroatoms. The van der Waals surface area contributed by atoms with Crippen molar-refractivity contribution in [1.82, 2.24) is 5.32 Å². The standard InChI is InChI=1S/C18H15Br2N3O4S2/c1-18(2)16(24)22-17(28-18)23-21-10-11-4-3-5-13(8-11)27-29(25,26)15-9-12(19)6-7-14(15)20/h3-10H,1-2H3,(H,22,23,24)/b21-10-. The van der Waals surface area contributed by atoms with Gasteiger partial charge in [0.1, 0.15) is 10.6 Å². The molecular weight excluding hydrogens is 546 g/mol. The fourth-order valence-corrected chi connectivity index (χ4v) is 5.48. The van der Waals surface area contributed by atoms with Crippen LogP contribution in [0.1, 0.15) is 19.4 Å². The summed E-state index contributed by atoms with van der Waals surface area (Å²) in [5.74, 6) is 0.00826. The lowest BCUT2D eigenvalue weighted by Gasteiger charge is -2.09. The van der Waals surface area contributed by atoms with Gasteiger partial charge in [-0.1, -0.05) is 39.8 Å². The maximum absolute atomic E-state index is 12.6. The quantitative estimate of drug-likeness (QED) is 0.334. The Morgan fingerprint density at radius 1 is 1.17 bits per heavy atom. The molecule has 1 aliphatic heterocycles. The molecule has 1 fully saturated rings. The van der Waals surface area contributed by atoms with Crippen molar-refractivity contribution in [1.29, 1.82) is 0 Å². The van der Waals surface area contributed by atoms with E-state index < -0.39 is 14.9 Å². The first-order valence-corrected chi connectivity index (χ1v) is 12.0. The fraction of sp³-hybridized carbons (Fsp3) is 0.167. The first-order valence-electron chi connectivity index (χ1n) is 8.18. The largest absolute Gasteiger partial charge is 0.379 e. The van der Waals surface area contributed by atoms with Crippen molar-refractivity contribution in [2.24, 2.45) is 10.2 Å². The predicted octanol–water partition coefficient (Wildman–Crippen LogP) is 4.31. The Kier molecular flexibility index (Phi) is 6.51. The van der Waals surface area contributed by atoms with Gasteiger partial charge in [0.15, 0.2) is 5.17 Å². The minimum absolute atomic E-state index is 0.00830. The summed E-state index contributed by atoms with van der Waals surface area (Å²) in [6.45, 7) is 3.59. The molecule has 0 spiro atoms. The van der Waals surface area contributed by atoms with Crippen LogP contribution in [0.3, 0.4) is 0 Å². The van der Waals surface area contributed by atoms with Gasteiger partial charge < -0.3 is 9.50 Å². The van der Waals surface area contributed by atoms with Crippen molar-refractivity contribution in [3.05, 3.63) is 57.0 Å². The van der Waals surface area contributed by atoms with E-state index in [0.717, 1.165) is 0 Å². The summed E-state index contributed by atoms with van der Waals surface area (Å²) >= 11 is 7.76. The predicted molar refractivity (Wildman–Crippen MR) is 121 cm³/mol. The van der Waals surface area contributed by atoms with E-state index in [1.54, 1.807) is 38.1 Å². The summed E-state index contributed by atoms with van der Waals surface area (Å²) in [5.41, 5.74) is 0.587. The Balaban J connectivity index is 1.76. The van der Waals surface area contributed by atoms with E-state index in [0.29, 0.717) is 19.7 Å². The number of amidine groups is 1. The molecule has 1 aliphatic rings. The van der Waals surface area contributed by atoms with E-state index >= 15 is 0 Å². The molecule has 0 saturated carbocycles. The third-order valence-electron chi connectivity index (χ3n) is 3.70. The molecule has 0 radical (unpaired) electrons. The maximum atomic E-state index is 12.6. The molecule has 1 N–H and O–H groups in total. The number of carbonyl (C=O) groups is 1. The van der Waals surface area contributed by atoms with Crippen LogP contribution >= 0.6 is 43.6 Å². The average Bonchev–Trinajstić information content (AvgIpc) is 2.89. The van der Waals surface area contributed by atoms with E-state index in [9.17, 15) is 13.2 Å². The van der Waals surface area contributed by atoms with Crippen molar-refractivity contribution < 1.29 is 17.4 Å². The number of halogens is 2. The van der Waals surface area contributed by atoms with Gasteiger partial charge >= 0.3 is 10.1 Å². The number of thioether (sulfide) groups is 1. The van der Waals surface area contributed by atoms with Crippen LogP contribution in [0.5, 0.6) is 5.75 Å². The number of nitrogens with zero attached hydrogens (tertiary/aromatic N) is 2. The Labute approximate surface area is 189 Å². The Morgan fingerprint density at radius 3 is 2.62 bits per heavy atom. The van der Waals surface area contributed by atoms with Crippen LogP contribution in [-0.2, 0) is 14.9 Å². The molecule has 3 rings (SSSR count). The van der Waals surface area contributed by atoms with Crippen LogP contribution in [-0.4, -0.2) is 30.5 Å². The zero-order chi connectivity index (χ0) is 21.2. The molecule has 0 bridgehead atoms.